The lowest BCUT2D eigenvalue weighted by molar-refractivity contribution is -0.148. The fourth-order valence-electron chi connectivity index (χ4n) is 5.44. The topological polar surface area (TPSA) is 296 Å². The van der Waals surface area contributed by atoms with Gasteiger partial charge in [-0.15, -0.1) is 0 Å². The highest BCUT2D eigenvalue weighted by atomic mass is 16.5. The van der Waals surface area contributed by atoms with Gasteiger partial charge in [-0.2, -0.15) is 0 Å². The predicted octanol–water partition coefficient (Wildman–Crippen LogP) is 1.47. The van der Waals surface area contributed by atoms with Crippen LogP contribution in [-0.4, -0.2) is 126 Å². The normalized spacial score (nSPS) is 23.1. The van der Waals surface area contributed by atoms with Gasteiger partial charge in [0, 0.05) is 77.9 Å². The van der Waals surface area contributed by atoms with Gasteiger partial charge in [-0.3, -0.25) is 28.8 Å². The quantitative estimate of drug-likeness (QED) is 0.268. The molecule has 0 aromatic rings. The lowest BCUT2D eigenvalue weighted by Gasteiger charge is -2.28. The van der Waals surface area contributed by atoms with E-state index < -0.39 is 71.5 Å². The molecule has 21 nitrogen and oxygen atoms in total. The number of esters is 3. The molecule has 0 bridgehead atoms. The molecular weight excluding hydrogens is 792 g/mol. The molecule has 1 rings (SSSR count). The van der Waals surface area contributed by atoms with Crippen LogP contribution in [-0.2, 0) is 57.4 Å². The molecule has 0 saturated carbocycles. The first kappa shape index (κ1) is 52.3. The summed E-state index contributed by atoms with van der Waals surface area (Å²) in [4.78, 5) is 111. The number of carbonyl (C=O) groups excluding carboxylic acids is 9. The van der Waals surface area contributed by atoms with Crippen LogP contribution in [0, 0.1) is 15.6 Å². The zero-order chi connectivity index (χ0) is 45.4. The van der Waals surface area contributed by atoms with Gasteiger partial charge in [-0.05, 0) is 59.3 Å². The molecule has 0 fully saturated rings. The Hall–Kier alpha value is -5.67. The molecule has 0 spiro atoms. The van der Waals surface area contributed by atoms with Crippen molar-refractivity contribution in [2.75, 3.05) is 39.5 Å². The molecule has 1 heterocycles. The van der Waals surface area contributed by atoms with Crippen molar-refractivity contribution in [2.45, 2.75) is 117 Å². The first-order valence-corrected chi connectivity index (χ1v) is 19.5. The van der Waals surface area contributed by atoms with Crippen LogP contribution < -0.4 is 16.0 Å². The van der Waals surface area contributed by atoms with Gasteiger partial charge in [-0.25, -0.2) is 14.4 Å². The number of carbonyl (C=O) groups is 9. The van der Waals surface area contributed by atoms with E-state index in [1.807, 2.05) is 0 Å². The van der Waals surface area contributed by atoms with Gasteiger partial charge >= 0.3 is 17.9 Å². The zero-order valence-corrected chi connectivity index (χ0v) is 35.0. The molecule has 3 N–H and O–H groups in total. The summed E-state index contributed by atoms with van der Waals surface area (Å²) in [7, 11) is 0. The van der Waals surface area contributed by atoms with Gasteiger partial charge < -0.3 is 61.0 Å². The minimum Gasteiger partial charge on any atom is -0.756 e. The summed E-state index contributed by atoms with van der Waals surface area (Å²) in [5.74, 6) is -6.86. The van der Waals surface area contributed by atoms with Crippen LogP contribution in [0.5, 0.6) is 0 Å². The Morgan fingerprint density at radius 2 is 0.733 bits per heavy atom. The van der Waals surface area contributed by atoms with E-state index in [0.29, 0.717) is 16.7 Å². The largest absolute Gasteiger partial charge is 0.756 e. The van der Waals surface area contributed by atoms with Crippen LogP contribution in [0.3, 0.4) is 0 Å². The molecular formula is C39H57N6O15-3. The van der Waals surface area contributed by atoms with Crippen molar-refractivity contribution >= 4 is 53.4 Å². The Labute approximate surface area is 349 Å². The summed E-state index contributed by atoms with van der Waals surface area (Å²) in [6.07, 6.45) is 3.14. The van der Waals surface area contributed by atoms with E-state index in [1.165, 1.54) is 41.5 Å². The van der Waals surface area contributed by atoms with E-state index in [2.05, 4.69) is 16.0 Å². The van der Waals surface area contributed by atoms with Crippen LogP contribution in [0.15, 0.2) is 34.9 Å². The highest BCUT2D eigenvalue weighted by molar-refractivity contribution is 5.90. The average molecular weight is 850 g/mol. The van der Waals surface area contributed by atoms with E-state index >= 15 is 0 Å². The lowest BCUT2D eigenvalue weighted by atomic mass is 10.1. The van der Waals surface area contributed by atoms with Gasteiger partial charge in [0.2, 0.25) is 35.4 Å². The van der Waals surface area contributed by atoms with Crippen molar-refractivity contribution in [2.24, 2.45) is 0 Å². The van der Waals surface area contributed by atoms with Crippen molar-refractivity contribution in [1.82, 2.24) is 31.1 Å². The first-order chi connectivity index (χ1) is 28.2. The number of rotatable bonds is 3. The zero-order valence-electron chi connectivity index (χ0n) is 35.0. The summed E-state index contributed by atoms with van der Waals surface area (Å²) in [5.41, 5.74) is 1.16. The number of amides is 6. The molecule has 0 radical (unpaired) electrons. The molecule has 1 aliphatic rings. The van der Waals surface area contributed by atoms with E-state index in [-0.39, 0.29) is 112 Å². The number of cyclic esters (lactones) is 3. The number of nitrogens with one attached hydrogen (secondary N) is 3. The van der Waals surface area contributed by atoms with Crippen molar-refractivity contribution in [3.05, 3.63) is 50.6 Å². The molecule has 336 valence electrons. The SMILES string of the molecule is CC(=O)NC1CCCN([O-])C(=O)C=C(C)CCOC(=O)[C@@H](NC(C)=O)CCCN([O-])C(=O)/C=C(\C)CCOC(=O)[C@H](NC(C)=O)CCCN([O-])C(=O)C=C(C)CCOC1=O. The van der Waals surface area contributed by atoms with Crippen LogP contribution >= 0.6 is 0 Å². The molecule has 21 heteroatoms. The van der Waals surface area contributed by atoms with Gasteiger partial charge in [0.15, 0.2) is 0 Å². The summed E-state index contributed by atoms with van der Waals surface area (Å²) in [5, 5.41) is 45.2. The van der Waals surface area contributed by atoms with Crippen molar-refractivity contribution < 1.29 is 57.4 Å². The fraction of sp³-hybridized carbons (Fsp3) is 0.615. The van der Waals surface area contributed by atoms with E-state index in [4.69, 9.17) is 14.2 Å². The summed E-state index contributed by atoms with van der Waals surface area (Å²) >= 11 is 0. The second-order valence-corrected chi connectivity index (χ2v) is 14.2. The molecule has 1 aliphatic heterocycles. The molecule has 0 aromatic carbocycles. The third-order valence-electron chi connectivity index (χ3n) is 8.62. The Morgan fingerprint density at radius 1 is 0.500 bits per heavy atom. The number of hydrogen-bond donors (Lipinski definition) is 3. The molecule has 1 unspecified atom stereocenters. The van der Waals surface area contributed by atoms with E-state index in [0.717, 1.165) is 18.2 Å². The van der Waals surface area contributed by atoms with Gasteiger partial charge in [0.25, 0.3) is 0 Å². The standard InChI is InChI=1S/C39H57N6O15/c1-25-13-19-58-37(52)31(40-28(4)46)11-8-17-44(56)35(50)23-27(3)15-21-60-39(54)33(42-30(6)48)12-9-18-45(57)36(51)24-26(2)14-20-59-38(53)32(41-29(5)47)10-7-16-43(55)34(49)22-25/h22-24,31-33H,7-21H2,1-6H3,(H,40,46)(H,41,47)(H,42,48)/q-3/b25-22+,26-24?,27-23?/t31-,32+,33?/m1/s1. The monoisotopic (exact) mass is 849 g/mol. The fourth-order valence-corrected chi connectivity index (χ4v) is 5.44. The first-order valence-electron chi connectivity index (χ1n) is 19.5. The molecule has 0 aliphatic carbocycles. The molecule has 6 amide bonds. The highest BCUT2D eigenvalue weighted by Crippen LogP contribution is 2.11. The Morgan fingerprint density at radius 3 is 0.950 bits per heavy atom. The van der Waals surface area contributed by atoms with E-state index in [9.17, 15) is 58.8 Å². The second-order valence-electron chi connectivity index (χ2n) is 14.2. The lowest BCUT2D eigenvalue weighted by Crippen LogP contribution is -2.41. The Balaban J connectivity index is 3.15. The van der Waals surface area contributed by atoms with Gasteiger partial charge in [0.1, 0.15) is 18.1 Å². The summed E-state index contributed by atoms with van der Waals surface area (Å²) < 4.78 is 15.8. The Kier molecular flexibility index (Phi) is 24.4. The number of hydroxylamine groups is 6. The number of hydrogen-bond acceptors (Lipinski definition) is 15. The molecule has 3 atom stereocenters. The summed E-state index contributed by atoms with van der Waals surface area (Å²) in [6.45, 7) is 6.46. The predicted molar refractivity (Wildman–Crippen MR) is 214 cm³/mol. The average Bonchev–Trinajstić information content (AvgIpc) is 3.15. The van der Waals surface area contributed by atoms with Crippen LogP contribution in [0.25, 0.3) is 0 Å². The highest BCUT2D eigenvalue weighted by Gasteiger charge is 2.24. The number of nitrogens with zero attached hydrogens (tertiary/aromatic N) is 3. The van der Waals surface area contributed by atoms with Crippen molar-refractivity contribution in [3.63, 3.8) is 0 Å². The maximum absolute atomic E-state index is 12.8. The maximum atomic E-state index is 12.8. The minimum atomic E-state index is -1.15. The minimum absolute atomic E-state index is 0.00154. The van der Waals surface area contributed by atoms with Crippen LogP contribution in [0.1, 0.15) is 99.3 Å². The maximum Gasteiger partial charge on any atom is 0.328 e. The molecule has 0 saturated heterocycles. The summed E-state index contributed by atoms with van der Waals surface area (Å²) in [6, 6.07) is -3.46. The smallest absolute Gasteiger partial charge is 0.328 e. The number of ether oxygens (including phenoxy) is 3. The molecule has 60 heavy (non-hydrogen) atoms. The molecule has 0 aromatic heterocycles. The van der Waals surface area contributed by atoms with Crippen molar-refractivity contribution in [1.29, 1.82) is 0 Å². The van der Waals surface area contributed by atoms with Gasteiger partial charge in [-0.1, -0.05) is 16.7 Å². The van der Waals surface area contributed by atoms with Crippen LogP contribution in [0.2, 0.25) is 0 Å². The van der Waals surface area contributed by atoms with Gasteiger partial charge in [0.05, 0.1) is 19.8 Å². The third-order valence-corrected chi connectivity index (χ3v) is 8.62. The van der Waals surface area contributed by atoms with Crippen molar-refractivity contribution in [3.8, 4) is 0 Å². The van der Waals surface area contributed by atoms with E-state index in [1.54, 1.807) is 0 Å². The van der Waals surface area contributed by atoms with Crippen LogP contribution in [0.4, 0.5) is 0 Å². The second kappa shape index (κ2) is 27.9. The third kappa shape index (κ3) is 22.5. The Bertz CT molecular complexity index is 1440.